The molecule has 1 N–H and O–H groups in total. The topological polar surface area (TPSA) is 20.2 Å². The Labute approximate surface area is 116 Å². The first-order valence-electron chi connectivity index (χ1n) is 6.35. The summed E-state index contributed by atoms with van der Waals surface area (Å²) in [5.41, 5.74) is 3.18. The molecule has 98 valence electrons. The van der Waals surface area contributed by atoms with Crippen LogP contribution in [-0.2, 0) is 12.8 Å². The number of benzene rings is 2. The van der Waals surface area contributed by atoms with Gasteiger partial charge in [-0.2, -0.15) is 0 Å². The summed E-state index contributed by atoms with van der Waals surface area (Å²) >= 11 is 5.79. The van der Waals surface area contributed by atoms with E-state index in [4.69, 9.17) is 11.6 Å². The van der Waals surface area contributed by atoms with Crippen LogP contribution in [-0.4, -0.2) is 5.11 Å². The predicted octanol–water partition coefficient (Wildman–Crippen LogP) is 3.93. The van der Waals surface area contributed by atoms with Crippen molar-refractivity contribution in [2.45, 2.75) is 18.9 Å². The van der Waals surface area contributed by atoms with Crippen molar-refractivity contribution in [3.8, 4) is 0 Å². The van der Waals surface area contributed by atoms with Crippen molar-refractivity contribution in [1.82, 2.24) is 0 Å². The van der Waals surface area contributed by atoms with Crippen LogP contribution >= 0.6 is 11.6 Å². The highest BCUT2D eigenvalue weighted by Crippen LogP contribution is 2.37. The van der Waals surface area contributed by atoms with Crippen molar-refractivity contribution in [3.05, 3.63) is 70.0 Å². The molecule has 0 amide bonds. The van der Waals surface area contributed by atoms with E-state index in [9.17, 15) is 9.50 Å². The Morgan fingerprint density at radius 1 is 1.21 bits per heavy atom. The van der Waals surface area contributed by atoms with Crippen LogP contribution in [0.5, 0.6) is 0 Å². The van der Waals surface area contributed by atoms with Gasteiger partial charge < -0.3 is 5.11 Å². The number of fused-ring (bicyclic) bond motifs is 1. The minimum atomic E-state index is -0.444. The average molecular weight is 277 g/mol. The van der Waals surface area contributed by atoms with E-state index < -0.39 is 11.9 Å². The number of halogens is 2. The number of hydrogen-bond acceptors (Lipinski definition) is 1. The maximum atomic E-state index is 13.1. The third kappa shape index (κ3) is 2.38. The SMILES string of the molecule is OC1c2ccccc2CC1Cc1ccc(F)c(Cl)c1. The maximum Gasteiger partial charge on any atom is 0.141 e. The van der Waals surface area contributed by atoms with E-state index >= 15 is 0 Å². The number of aliphatic hydroxyl groups is 1. The van der Waals surface area contributed by atoms with Crippen LogP contribution in [0.2, 0.25) is 5.02 Å². The molecule has 0 saturated heterocycles. The minimum absolute atomic E-state index is 0.138. The van der Waals surface area contributed by atoms with Crippen LogP contribution in [0.15, 0.2) is 42.5 Å². The monoisotopic (exact) mass is 276 g/mol. The predicted molar refractivity (Wildman–Crippen MR) is 73.7 cm³/mol. The van der Waals surface area contributed by atoms with Gasteiger partial charge in [0, 0.05) is 0 Å². The van der Waals surface area contributed by atoms with Crippen molar-refractivity contribution in [2.75, 3.05) is 0 Å². The van der Waals surface area contributed by atoms with Gasteiger partial charge in [-0.15, -0.1) is 0 Å². The molecule has 0 bridgehead atoms. The highest BCUT2D eigenvalue weighted by Gasteiger charge is 2.30. The zero-order valence-electron chi connectivity index (χ0n) is 10.3. The Bertz CT molecular complexity index is 611. The molecule has 1 aliphatic carbocycles. The van der Waals surface area contributed by atoms with E-state index in [0.29, 0.717) is 6.42 Å². The van der Waals surface area contributed by atoms with Gasteiger partial charge in [-0.3, -0.25) is 0 Å². The number of hydrogen-bond donors (Lipinski definition) is 1. The third-order valence-electron chi connectivity index (χ3n) is 3.78. The Morgan fingerprint density at radius 2 is 2.00 bits per heavy atom. The van der Waals surface area contributed by atoms with E-state index in [1.807, 2.05) is 18.2 Å². The van der Waals surface area contributed by atoms with Gasteiger partial charge in [0.05, 0.1) is 11.1 Å². The lowest BCUT2D eigenvalue weighted by atomic mass is 9.95. The molecule has 0 fully saturated rings. The fraction of sp³-hybridized carbons (Fsp3) is 0.250. The molecule has 0 heterocycles. The van der Waals surface area contributed by atoms with Crippen molar-refractivity contribution in [3.63, 3.8) is 0 Å². The van der Waals surface area contributed by atoms with Crippen molar-refractivity contribution in [2.24, 2.45) is 5.92 Å². The quantitative estimate of drug-likeness (QED) is 0.881. The molecule has 2 atom stereocenters. The molecule has 1 aliphatic rings. The first kappa shape index (κ1) is 12.6. The molecule has 0 aliphatic heterocycles. The summed E-state index contributed by atoms with van der Waals surface area (Å²) in [4.78, 5) is 0. The van der Waals surface area contributed by atoms with Gasteiger partial charge >= 0.3 is 0 Å². The normalized spacial score (nSPS) is 21.4. The van der Waals surface area contributed by atoms with Gasteiger partial charge in [0.25, 0.3) is 0 Å². The lowest BCUT2D eigenvalue weighted by Crippen LogP contribution is -2.10. The van der Waals surface area contributed by atoms with Crippen molar-refractivity contribution < 1.29 is 9.50 Å². The summed E-state index contributed by atoms with van der Waals surface area (Å²) in [5, 5.41) is 10.5. The molecular weight excluding hydrogens is 263 g/mol. The summed E-state index contributed by atoms with van der Waals surface area (Å²) in [5.74, 6) is -0.264. The second-order valence-electron chi connectivity index (χ2n) is 5.06. The Hall–Kier alpha value is -1.38. The van der Waals surface area contributed by atoms with Crippen molar-refractivity contribution >= 4 is 11.6 Å². The van der Waals surface area contributed by atoms with Gasteiger partial charge in [-0.1, -0.05) is 41.9 Å². The minimum Gasteiger partial charge on any atom is -0.388 e. The van der Waals surface area contributed by atoms with Gasteiger partial charge in [0.2, 0.25) is 0 Å². The summed E-state index contributed by atoms with van der Waals surface area (Å²) in [7, 11) is 0. The lowest BCUT2D eigenvalue weighted by Gasteiger charge is -2.15. The molecule has 0 radical (unpaired) electrons. The molecule has 0 aromatic heterocycles. The second kappa shape index (κ2) is 4.95. The van der Waals surface area contributed by atoms with Crippen LogP contribution in [0, 0.1) is 11.7 Å². The van der Waals surface area contributed by atoms with E-state index in [1.54, 1.807) is 12.1 Å². The molecule has 0 saturated carbocycles. The average Bonchev–Trinajstić information content (AvgIpc) is 2.72. The summed E-state index contributed by atoms with van der Waals surface area (Å²) < 4.78 is 13.1. The zero-order chi connectivity index (χ0) is 13.4. The molecule has 2 unspecified atom stereocenters. The first-order chi connectivity index (χ1) is 9.15. The molecule has 19 heavy (non-hydrogen) atoms. The molecule has 0 spiro atoms. The van der Waals surface area contributed by atoms with E-state index in [0.717, 1.165) is 17.5 Å². The maximum absolute atomic E-state index is 13.1. The van der Waals surface area contributed by atoms with Crippen LogP contribution in [0.3, 0.4) is 0 Å². The molecule has 2 aromatic rings. The summed E-state index contributed by atoms with van der Waals surface area (Å²) in [6, 6.07) is 12.7. The van der Waals surface area contributed by atoms with Gasteiger partial charge in [-0.05, 0) is 47.6 Å². The van der Waals surface area contributed by atoms with Crippen LogP contribution in [0.1, 0.15) is 22.8 Å². The van der Waals surface area contributed by atoms with Gasteiger partial charge in [0.1, 0.15) is 5.82 Å². The lowest BCUT2D eigenvalue weighted by molar-refractivity contribution is 0.123. The van der Waals surface area contributed by atoms with Crippen molar-refractivity contribution in [1.29, 1.82) is 0 Å². The zero-order valence-corrected chi connectivity index (χ0v) is 11.1. The highest BCUT2D eigenvalue weighted by atomic mass is 35.5. The fourth-order valence-electron chi connectivity index (χ4n) is 2.81. The summed E-state index contributed by atoms with van der Waals surface area (Å²) in [6.07, 6.45) is 1.11. The highest BCUT2D eigenvalue weighted by molar-refractivity contribution is 6.30. The standard InChI is InChI=1S/C16H14ClFO/c17-14-8-10(5-6-15(14)18)7-12-9-11-3-1-2-4-13(11)16(12)19/h1-6,8,12,16,19H,7,9H2. The smallest absolute Gasteiger partial charge is 0.141 e. The second-order valence-corrected chi connectivity index (χ2v) is 5.47. The van der Waals surface area contributed by atoms with Crippen LogP contribution in [0.4, 0.5) is 4.39 Å². The number of rotatable bonds is 2. The number of aliphatic hydroxyl groups excluding tert-OH is 1. The Morgan fingerprint density at radius 3 is 2.74 bits per heavy atom. The largest absolute Gasteiger partial charge is 0.388 e. The summed E-state index contributed by atoms with van der Waals surface area (Å²) in [6.45, 7) is 0. The van der Waals surface area contributed by atoms with E-state index in [-0.39, 0.29) is 10.9 Å². The molecular formula is C16H14ClFO. The first-order valence-corrected chi connectivity index (χ1v) is 6.73. The van der Waals surface area contributed by atoms with E-state index in [2.05, 4.69) is 6.07 Å². The third-order valence-corrected chi connectivity index (χ3v) is 4.07. The fourth-order valence-corrected chi connectivity index (χ4v) is 3.01. The molecule has 3 heteroatoms. The van der Waals surface area contributed by atoms with Crippen LogP contribution < -0.4 is 0 Å². The molecule has 3 rings (SSSR count). The van der Waals surface area contributed by atoms with Gasteiger partial charge in [0.15, 0.2) is 0 Å². The Balaban J connectivity index is 1.80. The molecule has 2 aromatic carbocycles. The Kier molecular flexibility index (Phi) is 3.29. The van der Waals surface area contributed by atoms with Gasteiger partial charge in [-0.25, -0.2) is 4.39 Å². The van der Waals surface area contributed by atoms with Crippen LogP contribution in [0.25, 0.3) is 0 Å². The molecule has 1 nitrogen and oxygen atoms in total. The van der Waals surface area contributed by atoms with E-state index in [1.165, 1.54) is 11.6 Å².